The zero-order valence-corrected chi connectivity index (χ0v) is 10.4. The fourth-order valence-corrected chi connectivity index (χ4v) is 1.67. The molecule has 0 saturated heterocycles. The number of rotatable bonds is 2. The Hall–Kier alpha value is -0.680. The van der Waals surface area contributed by atoms with E-state index in [1.54, 1.807) is 10.9 Å². The van der Waals surface area contributed by atoms with E-state index in [1.165, 1.54) is 0 Å². The molecule has 0 aliphatic heterocycles. The van der Waals surface area contributed by atoms with Crippen molar-refractivity contribution in [3.8, 4) is 5.82 Å². The van der Waals surface area contributed by atoms with Crippen molar-refractivity contribution in [2.75, 3.05) is 0 Å². The molecule has 2 aromatic rings. The lowest BCUT2D eigenvalue weighted by atomic mass is 10.3. The number of hydrogen-bond donors (Lipinski definition) is 0. The van der Waals surface area contributed by atoms with Gasteiger partial charge in [0.15, 0.2) is 5.82 Å². The third-order valence-corrected chi connectivity index (χ3v) is 2.81. The summed E-state index contributed by atoms with van der Waals surface area (Å²) >= 11 is 6.71. The lowest BCUT2D eigenvalue weighted by Gasteiger charge is -2.00. The average molecular weight is 317 g/mol. The highest BCUT2D eigenvalue weighted by molar-refractivity contribution is 9.10. The molecular weight excluding hydrogens is 310 g/mol. The Bertz CT molecular complexity index is 422. The first-order valence-corrected chi connectivity index (χ1v) is 5.92. The van der Waals surface area contributed by atoms with Gasteiger partial charge in [0.1, 0.15) is 0 Å². The lowest BCUT2D eigenvalue weighted by molar-refractivity contribution is 0.845. The summed E-state index contributed by atoms with van der Waals surface area (Å²) in [4.78, 5) is 4.28. The van der Waals surface area contributed by atoms with Crippen LogP contribution in [0.2, 0.25) is 0 Å². The SMILES string of the molecule is BrCc1ccc(-n2cc(Br)cn2)nc1. The monoisotopic (exact) mass is 315 g/mol. The molecular formula is C9H7Br2N3. The third kappa shape index (κ3) is 2.04. The second-order valence-electron chi connectivity index (χ2n) is 2.76. The van der Waals surface area contributed by atoms with E-state index in [2.05, 4.69) is 41.9 Å². The minimum Gasteiger partial charge on any atom is -0.237 e. The second kappa shape index (κ2) is 4.23. The van der Waals surface area contributed by atoms with Crippen LogP contribution in [0, 0.1) is 0 Å². The average Bonchev–Trinajstić information content (AvgIpc) is 2.65. The van der Waals surface area contributed by atoms with Gasteiger partial charge in [0.25, 0.3) is 0 Å². The molecule has 3 nitrogen and oxygen atoms in total. The van der Waals surface area contributed by atoms with Crippen molar-refractivity contribution in [3.05, 3.63) is 40.8 Å². The number of hydrogen-bond acceptors (Lipinski definition) is 2. The molecule has 0 unspecified atom stereocenters. The molecule has 0 radical (unpaired) electrons. The Kier molecular flexibility index (Phi) is 2.98. The Labute approximate surface area is 98.4 Å². The van der Waals surface area contributed by atoms with Gasteiger partial charge in [-0.25, -0.2) is 9.67 Å². The van der Waals surface area contributed by atoms with Crippen molar-refractivity contribution in [1.29, 1.82) is 0 Å². The number of alkyl halides is 1. The molecule has 5 heteroatoms. The van der Waals surface area contributed by atoms with E-state index in [4.69, 9.17) is 0 Å². The van der Waals surface area contributed by atoms with Gasteiger partial charge in [0, 0.05) is 17.7 Å². The van der Waals surface area contributed by atoms with Crippen molar-refractivity contribution in [3.63, 3.8) is 0 Å². The van der Waals surface area contributed by atoms with Crippen LogP contribution < -0.4 is 0 Å². The topological polar surface area (TPSA) is 30.7 Å². The molecule has 72 valence electrons. The Morgan fingerprint density at radius 2 is 2.14 bits per heavy atom. The lowest BCUT2D eigenvalue weighted by Crippen LogP contribution is -1.97. The van der Waals surface area contributed by atoms with Gasteiger partial charge in [-0.3, -0.25) is 0 Å². The van der Waals surface area contributed by atoms with Crippen molar-refractivity contribution in [1.82, 2.24) is 14.8 Å². The van der Waals surface area contributed by atoms with Gasteiger partial charge in [-0.1, -0.05) is 22.0 Å². The van der Waals surface area contributed by atoms with Crippen LogP contribution in [0.4, 0.5) is 0 Å². The normalized spacial score (nSPS) is 10.4. The smallest absolute Gasteiger partial charge is 0.153 e. The summed E-state index contributed by atoms with van der Waals surface area (Å²) in [5.41, 5.74) is 1.15. The van der Waals surface area contributed by atoms with E-state index in [0.29, 0.717) is 0 Å². The van der Waals surface area contributed by atoms with Crippen LogP contribution in [0.5, 0.6) is 0 Å². The van der Waals surface area contributed by atoms with Gasteiger partial charge in [0.05, 0.1) is 10.7 Å². The molecule has 2 aromatic heterocycles. The van der Waals surface area contributed by atoms with Gasteiger partial charge in [-0.05, 0) is 27.6 Å². The van der Waals surface area contributed by atoms with E-state index in [9.17, 15) is 0 Å². The van der Waals surface area contributed by atoms with Crippen molar-refractivity contribution >= 4 is 31.9 Å². The molecule has 0 N–H and O–H groups in total. The molecule has 0 spiro atoms. The van der Waals surface area contributed by atoms with Crippen molar-refractivity contribution in [2.45, 2.75) is 5.33 Å². The molecule has 0 fully saturated rings. The number of aromatic nitrogens is 3. The van der Waals surface area contributed by atoms with Gasteiger partial charge in [0.2, 0.25) is 0 Å². The first-order chi connectivity index (χ1) is 6.79. The van der Waals surface area contributed by atoms with Crippen LogP contribution in [0.3, 0.4) is 0 Å². The number of halogens is 2. The quantitative estimate of drug-likeness (QED) is 0.798. The standard InChI is InChI=1S/C9H7Br2N3/c10-3-7-1-2-9(12-4-7)14-6-8(11)5-13-14/h1-2,4-6H,3H2. The van der Waals surface area contributed by atoms with Crippen LogP contribution >= 0.6 is 31.9 Å². The summed E-state index contributed by atoms with van der Waals surface area (Å²) in [5.74, 6) is 0.820. The van der Waals surface area contributed by atoms with Crippen molar-refractivity contribution < 1.29 is 0 Å². The summed E-state index contributed by atoms with van der Waals surface area (Å²) < 4.78 is 2.67. The first-order valence-electron chi connectivity index (χ1n) is 4.01. The zero-order chi connectivity index (χ0) is 9.97. The molecule has 0 aliphatic rings. The van der Waals surface area contributed by atoms with Crippen LogP contribution in [-0.4, -0.2) is 14.8 Å². The van der Waals surface area contributed by atoms with Crippen LogP contribution in [0.1, 0.15) is 5.56 Å². The zero-order valence-electron chi connectivity index (χ0n) is 7.19. The second-order valence-corrected chi connectivity index (χ2v) is 4.24. The van der Waals surface area contributed by atoms with Crippen LogP contribution in [0.15, 0.2) is 35.2 Å². The van der Waals surface area contributed by atoms with Gasteiger partial charge in [-0.2, -0.15) is 5.10 Å². The predicted octanol–water partition coefficient (Wildman–Crippen LogP) is 2.92. The maximum absolute atomic E-state index is 4.28. The highest BCUT2D eigenvalue weighted by atomic mass is 79.9. The summed E-state index contributed by atoms with van der Waals surface area (Å²) in [7, 11) is 0. The molecule has 0 aliphatic carbocycles. The maximum Gasteiger partial charge on any atom is 0.153 e. The molecule has 0 bridgehead atoms. The predicted molar refractivity (Wildman–Crippen MR) is 61.7 cm³/mol. The number of nitrogens with zero attached hydrogens (tertiary/aromatic N) is 3. The molecule has 2 heterocycles. The fraction of sp³-hybridized carbons (Fsp3) is 0.111. The minimum absolute atomic E-state index is 0.820. The fourth-order valence-electron chi connectivity index (χ4n) is 1.06. The molecule has 0 atom stereocenters. The Balaban J connectivity index is 2.33. The van der Waals surface area contributed by atoms with Crippen molar-refractivity contribution in [2.24, 2.45) is 0 Å². The molecule has 0 saturated carbocycles. The Morgan fingerprint density at radius 3 is 2.64 bits per heavy atom. The Morgan fingerprint density at radius 1 is 1.29 bits per heavy atom. The van der Waals surface area contributed by atoms with Crippen LogP contribution in [0.25, 0.3) is 5.82 Å². The molecule has 0 amide bonds. The largest absolute Gasteiger partial charge is 0.237 e. The van der Waals surface area contributed by atoms with E-state index in [0.717, 1.165) is 21.2 Å². The maximum atomic E-state index is 4.28. The summed E-state index contributed by atoms with van der Waals surface area (Å²) in [6.45, 7) is 0. The molecule has 14 heavy (non-hydrogen) atoms. The van der Waals surface area contributed by atoms with Gasteiger partial charge in [-0.15, -0.1) is 0 Å². The molecule has 2 rings (SSSR count). The highest BCUT2D eigenvalue weighted by Gasteiger charge is 1.99. The summed E-state index contributed by atoms with van der Waals surface area (Å²) in [5, 5.41) is 4.96. The van der Waals surface area contributed by atoms with Crippen LogP contribution in [-0.2, 0) is 5.33 Å². The minimum atomic E-state index is 0.820. The summed E-state index contributed by atoms with van der Waals surface area (Å²) in [6, 6.07) is 3.96. The first kappa shape index (κ1) is 9.86. The summed E-state index contributed by atoms with van der Waals surface area (Å²) in [6.07, 6.45) is 5.44. The van der Waals surface area contributed by atoms with E-state index >= 15 is 0 Å². The van der Waals surface area contributed by atoms with E-state index in [1.807, 2.05) is 24.5 Å². The third-order valence-electron chi connectivity index (χ3n) is 1.75. The molecule has 0 aromatic carbocycles. The van der Waals surface area contributed by atoms with Gasteiger partial charge >= 0.3 is 0 Å². The highest BCUT2D eigenvalue weighted by Crippen LogP contribution is 2.11. The van der Waals surface area contributed by atoms with E-state index in [-0.39, 0.29) is 0 Å². The van der Waals surface area contributed by atoms with Gasteiger partial charge < -0.3 is 0 Å². The number of pyridine rings is 1. The van der Waals surface area contributed by atoms with E-state index < -0.39 is 0 Å².